The number of benzene rings is 1. The fourth-order valence-corrected chi connectivity index (χ4v) is 1.61. The maximum atomic E-state index is 11.1. The van der Waals surface area contributed by atoms with Crippen LogP contribution in [0, 0.1) is 10.1 Å². The number of nitrogens with zero attached hydrogens (tertiary/aromatic N) is 1. The second kappa shape index (κ2) is 4.29. The lowest BCUT2D eigenvalue weighted by molar-refractivity contribution is -0.599. The van der Waals surface area contributed by atoms with Gasteiger partial charge in [-0.2, -0.15) is 0 Å². The third-order valence-electron chi connectivity index (χ3n) is 2.42. The van der Waals surface area contributed by atoms with E-state index in [1.807, 2.05) is 0 Å². The topological polar surface area (TPSA) is 72.6 Å². The molecule has 0 saturated carbocycles. The molecule has 1 aliphatic carbocycles. The molecule has 0 amide bonds. The molecule has 1 N–H and O–H groups in total. The molecule has 5 nitrogen and oxygen atoms in total. The summed E-state index contributed by atoms with van der Waals surface area (Å²) in [5, 5.41) is 20.5. The average molecular weight is 233 g/mol. The molecule has 1 aliphatic rings. The predicted molar refractivity (Wildman–Crippen MR) is 61.3 cm³/mol. The van der Waals surface area contributed by atoms with Crippen LogP contribution in [-0.2, 0) is 0 Å². The number of para-hydroxylation sites is 1. The Morgan fingerprint density at radius 3 is 2.65 bits per heavy atom. The maximum absolute atomic E-state index is 11.1. The van der Waals surface area contributed by atoms with Gasteiger partial charge in [-0.05, 0) is 18.2 Å². The van der Waals surface area contributed by atoms with Crippen molar-refractivity contribution >= 4 is 0 Å². The van der Waals surface area contributed by atoms with Gasteiger partial charge in [0.2, 0.25) is 0 Å². The second-order valence-corrected chi connectivity index (χ2v) is 3.69. The lowest BCUT2D eigenvalue weighted by atomic mass is 10.0. The van der Waals surface area contributed by atoms with Crippen LogP contribution in [0.2, 0.25) is 0 Å². The Bertz CT molecular complexity index is 481. The van der Waals surface area contributed by atoms with E-state index < -0.39 is 10.6 Å². The zero-order valence-corrected chi connectivity index (χ0v) is 8.95. The highest BCUT2D eigenvalue weighted by Gasteiger charge is 2.44. The fraction of sp³-hybridized carbons (Fsp3) is 0.167. The molecule has 0 bridgehead atoms. The molecule has 0 aromatic heterocycles. The Hall–Kier alpha value is -2.30. The number of nitro groups is 1. The molecule has 0 aliphatic heterocycles. The molecule has 5 heteroatoms. The van der Waals surface area contributed by atoms with E-state index in [1.165, 1.54) is 12.2 Å². The van der Waals surface area contributed by atoms with E-state index in [2.05, 4.69) is 0 Å². The van der Waals surface area contributed by atoms with E-state index in [-0.39, 0.29) is 12.2 Å². The molecule has 1 aromatic rings. The van der Waals surface area contributed by atoms with E-state index >= 15 is 0 Å². The Kier molecular flexibility index (Phi) is 2.82. The molecule has 0 spiro atoms. The minimum atomic E-state index is -1.72. The van der Waals surface area contributed by atoms with Crippen molar-refractivity contribution in [2.45, 2.75) is 12.1 Å². The molecule has 1 unspecified atom stereocenters. The van der Waals surface area contributed by atoms with Gasteiger partial charge < -0.3 is 9.84 Å². The second-order valence-electron chi connectivity index (χ2n) is 3.69. The first-order chi connectivity index (χ1) is 8.12. The Balaban J connectivity index is 2.31. The first-order valence-electron chi connectivity index (χ1n) is 5.09. The van der Waals surface area contributed by atoms with Gasteiger partial charge in [0.25, 0.3) is 0 Å². The fourth-order valence-electron chi connectivity index (χ4n) is 1.61. The number of hydrogen-bond donors (Lipinski definition) is 1. The first kappa shape index (κ1) is 11.2. The van der Waals surface area contributed by atoms with Crippen molar-refractivity contribution in [3.63, 3.8) is 0 Å². The van der Waals surface area contributed by atoms with Crippen LogP contribution >= 0.6 is 0 Å². The lowest BCUT2D eigenvalue weighted by Gasteiger charge is -2.23. The minimum Gasteiger partial charge on any atom is -0.508 e. The van der Waals surface area contributed by atoms with E-state index in [0.717, 1.165) is 6.08 Å². The summed E-state index contributed by atoms with van der Waals surface area (Å²) in [6.07, 6.45) is 4.12. The number of rotatable bonds is 3. The highest BCUT2D eigenvalue weighted by atomic mass is 16.7. The SMILES string of the molecule is O=[N+]([O-])C1(Oc2ccccc2)C=C(O)C=CC1. The smallest absolute Gasteiger partial charge is 0.390 e. The van der Waals surface area contributed by atoms with E-state index in [9.17, 15) is 15.2 Å². The summed E-state index contributed by atoms with van der Waals surface area (Å²) in [6, 6.07) is 8.51. The molecule has 0 heterocycles. The van der Waals surface area contributed by atoms with Gasteiger partial charge in [-0.1, -0.05) is 24.3 Å². The standard InChI is InChI=1S/C12H11NO4/c14-10-5-4-8-12(9-10,13(15)16)17-11-6-2-1-3-7-11/h1-7,9,14H,8H2. The number of allylic oxidation sites excluding steroid dienone is 1. The zero-order valence-electron chi connectivity index (χ0n) is 8.95. The summed E-state index contributed by atoms with van der Waals surface area (Å²) in [7, 11) is 0. The van der Waals surface area contributed by atoms with Crippen LogP contribution in [-0.4, -0.2) is 15.8 Å². The number of aliphatic hydroxyl groups is 1. The normalized spacial score (nSPS) is 22.9. The third kappa shape index (κ3) is 2.28. The van der Waals surface area contributed by atoms with Crippen molar-refractivity contribution in [3.05, 3.63) is 64.4 Å². The van der Waals surface area contributed by atoms with E-state index in [0.29, 0.717) is 5.75 Å². The highest BCUT2D eigenvalue weighted by molar-refractivity contribution is 5.26. The van der Waals surface area contributed by atoms with Crippen LogP contribution in [0.4, 0.5) is 0 Å². The Labute approximate surface area is 97.8 Å². The van der Waals surface area contributed by atoms with Crippen LogP contribution in [0.15, 0.2) is 54.3 Å². The summed E-state index contributed by atoms with van der Waals surface area (Å²) < 4.78 is 5.39. The maximum Gasteiger partial charge on any atom is 0.390 e. The van der Waals surface area contributed by atoms with Gasteiger partial charge in [0.15, 0.2) is 0 Å². The summed E-state index contributed by atoms with van der Waals surface area (Å²) in [4.78, 5) is 10.6. The van der Waals surface area contributed by atoms with Crippen LogP contribution in [0.3, 0.4) is 0 Å². The molecule has 0 radical (unpaired) electrons. The van der Waals surface area contributed by atoms with Crippen molar-refractivity contribution in [1.29, 1.82) is 0 Å². The molecular formula is C12H11NO4. The number of ether oxygens (including phenoxy) is 1. The highest BCUT2D eigenvalue weighted by Crippen LogP contribution is 2.27. The first-order valence-corrected chi connectivity index (χ1v) is 5.09. The van der Waals surface area contributed by atoms with Crippen LogP contribution in [0.25, 0.3) is 0 Å². The zero-order chi connectivity index (χ0) is 12.3. The molecule has 0 fully saturated rings. The molecule has 17 heavy (non-hydrogen) atoms. The predicted octanol–water partition coefficient (Wildman–Crippen LogP) is 2.44. The molecule has 2 rings (SSSR count). The van der Waals surface area contributed by atoms with Crippen LogP contribution < -0.4 is 4.74 Å². The van der Waals surface area contributed by atoms with Crippen molar-refractivity contribution in [2.24, 2.45) is 0 Å². The minimum absolute atomic E-state index is 0.0823. The molecule has 88 valence electrons. The van der Waals surface area contributed by atoms with Gasteiger partial charge in [-0.15, -0.1) is 0 Å². The van der Waals surface area contributed by atoms with Crippen LogP contribution in [0.1, 0.15) is 6.42 Å². The van der Waals surface area contributed by atoms with E-state index in [1.54, 1.807) is 30.3 Å². The Morgan fingerprint density at radius 2 is 2.06 bits per heavy atom. The van der Waals surface area contributed by atoms with Gasteiger partial charge in [-0.3, -0.25) is 10.1 Å². The largest absolute Gasteiger partial charge is 0.508 e. The van der Waals surface area contributed by atoms with Gasteiger partial charge in [-0.25, -0.2) is 0 Å². The summed E-state index contributed by atoms with van der Waals surface area (Å²) >= 11 is 0. The molecule has 1 aromatic carbocycles. The molecule has 1 atom stereocenters. The van der Waals surface area contributed by atoms with E-state index in [4.69, 9.17) is 4.74 Å². The average Bonchev–Trinajstić information content (AvgIpc) is 2.30. The van der Waals surface area contributed by atoms with Crippen molar-refractivity contribution < 1.29 is 14.8 Å². The summed E-state index contributed by atoms with van der Waals surface area (Å²) in [5.41, 5.74) is -1.72. The number of hydrogen-bond acceptors (Lipinski definition) is 4. The summed E-state index contributed by atoms with van der Waals surface area (Å²) in [6.45, 7) is 0. The van der Waals surface area contributed by atoms with Gasteiger partial charge in [0, 0.05) is 0 Å². The van der Waals surface area contributed by atoms with Gasteiger partial charge >= 0.3 is 5.72 Å². The van der Waals surface area contributed by atoms with Gasteiger partial charge in [0.05, 0.1) is 17.4 Å². The van der Waals surface area contributed by atoms with Crippen molar-refractivity contribution in [3.8, 4) is 5.75 Å². The molecular weight excluding hydrogens is 222 g/mol. The van der Waals surface area contributed by atoms with Crippen LogP contribution in [0.5, 0.6) is 5.75 Å². The number of aliphatic hydroxyl groups excluding tert-OH is 1. The lowest BCUT2D eigenvalue weighted by Crippen LogP contribution is -2.43. The van der Waals surface area contributed by atoms with Crippen molar-refractivity contribution in [2.75, 3.05) is 0 Å². The monoisotopic (exact) mass is 233 g/mol. The third-order valence-corrected chi connectivity index (χ3v) is 2.42. The van der Waals surface area contributed by atoms with Crippen molar-refractivity contribution in [1.82, 2.24) is 0 Å². The molecule has 0 saturated heterocycles. The van der Waals surface area contributed by atoms with Gasteiger partial charge in [0.1, 0.15) is 11.5 Å². The Morgan fingerprint density at radius 1 is 1.35 bits per heavy atom. The quantitative estimate of drug-likeness (QED) is 0.494. The summed E-state index contributed by atoms with van der Waals surface area (Å²) in [5.74, 6) is 0.229.